The summed E-state index contributed by atoms with van der Waals surface area (Å²) in [5.74, 6) is -0.841. The molecule has 1 fully saturated rings. The van der Waals surface area contributed by atoms with Crippen LogP contribution in [-0.2, 0) is 14.3 Å². The van der Waals surface area contributed by atoms with E-state index in [1.54, 1.807) is 29.2 Å². The van der Waals surface area contributed by atoms with Crippen molar-refractivity contribution in [3.8, 4) is 0 Å². The largest absolute Gasteiger partial charge is 0.444 e. The Balaban J connectivity index is 1.93. The number of hydrogen-bond acceptors (Lipinski definition) is 6. The fourth-order valence-electron chi connectivity index (χ4n) is 3.24. The van der Waals surface area contributed by atoms with Gasteiger partial charge in [0, 0.05) is 18.7 Å². The van der Waals surface area contributed by atoms with Gasteiger partial charge in [0.25, 0.3) is 0 Å². The van der Waals surface area contributed by atoms with Crippen LogP contribution in [0.2, 0.25) is 0 Å². The molecule has 1 heterocycles. The molecule has 0 spiro atoms. The van der Waals surface area contributed by atoms with Gasteiger partial charge in [0.05, 0.1) is 12.6 Å². The van der Waals surface area contributed by atoms with Crippen molar-refractivity contribution in [2.24, 2.45) is 5.92 Å². The highest BCUT2D eigenvalue weighted by Gasteiger charge is 2.33. The molecular weight excluding hydrogens is 360 g/mol. The van der Waals surface area contributed by atoms with Crippen molar-refractivity contribution < 1.29 is 23.9 Å². The number of carbonyl (C=O) groups is 4. The van der Waals surface area contributed by atoms with Crippen molar-refractivity contribution in [2.75, 3.05) is 19.6 Å². The van der Waals surface area contributed by atoms with E-state index in [0.717, 1.165) is 0 Å². The number of rotatable bonds is 7. The third-order valence-electron chi connectivity index (χ3n) is 4.66. The number of Topliss-reactive ketones (excluding diaryl/α,β-unsaturated/α-hetero) is 2. The summed E-state index contributed by atoms with van der Waals surface area (Å²) in [4.78, 5) is 49.3. The molecule has 0 aromatic heterocycles. The lowest BCUT2D eigenvalue weighted by Gasteiger charge is -2.36. The van der Waals surface area contributed by atoms with E-state index in [-0.39, 0.29) is 24.3 Å². The highest BCUT2D eigenvalue weighted by molar-refractivity contribution is 6.27. The summed E-state index contributed by atoms with van der Waals surface area (Å²) >= 11 is 0. The Hall–Kier alpha value is -2.54. The number of ketones is 2. The van der Waals surface area contributed by atoms with Crippen molar-refractivity contribution >= 4 is 23.9 Å². The minimum absolute atomic E-state index is 0.0272. The number of nitrogens with zero attached hydrogens (tertiary/aromatic N) is 1. The number of aldehydes is 1. The Labute approximate surface area is 165 Å². The van der Waals surface area contributed by atoms with Gasteiger partial charge in [-0.3, -0.25) is 19.7 Å². The lowest BCUT2D eigenvalue weighted by molar-refractivity contribution is -0.132. The molecule has 28 heavy (non-hydrogen) atoms. The Kier molecular flexibility index (Phi) is 7.45. The van der Waals surface area contributed by atoms with Crippen molar-refractivity contribution in [3.63, 3.8) is 0 Å². The van der Waals surface area contributed by atoms with Gasteiger partial charge >= 0.3 is 6.09 Å². The molecule has 1 aliphatic rings. The van der Waals surface area contributed by atoms with Crippen LogP contribution in [0.3, 0.4) is 0 Å². The molecule has 2 rings (SSSR count). The average molecular weight is 388 g/mol. The summed E-state index contributed by atoms with van der Waals surface area (Å²) < 4.78 is 5.37. The highest BCUT2D eigenvalue weighted by Crippen LogP contribution is 2.23. The van der Waals surface area contributed by atoms with E-state index in [9.17, 15) is 19.2 Å². The summed E-state index contributed by atoms with van der Waals surface area (Å²) in [6, 6.07) is 8.05. The summed E-state index contributed by atoms with van der Waals surface area (Å²) in [5.41, 5.74) is -0.0180. The molecule has 1 aliphatic heterocycles. The first-order valence-corrected chi connectivity index (χ1v) is 9.50. The van der Waals surface area contributed by atoms with Crippen LogP contribution in [0.25, 0.3) is 0 Å². The molecule has 1 N–H and O–H groups in total. The SMILES string of the molecule is CC(C)(C)OC(=O)N1CCC(C(NCC(=O)c2ccccc2)C(=O)C=O)CC1. The predicted octanol–water partition coefficient (Wildman–Crippen LogP) is 2.24. The molecule has 1 unspecified atom stereocenters. The van der Waals surface area contributed by atoms with Crippen LogP contribution in [0.5, 0.6) is 0 Å². The zero-order valence-corrected chi connectivity index (χ0v) is 16.6. The van der Waals surface area contributed by atoms with E-state index in [0.29, 0.717) is 37.8 Å². The quantitative estimate of drug-likeness (QED) is 0.437. The number of benzene rings is 1. The van der Waals surface area contributed by atoms with Crippen LogP contribution in [0.4, 0.5) is 4.79 Å². The van der Waals surface area contributed by atoms with Gasteiger partial charge in [0.15, 0.2) is 12.1 Å². The Morgan fingerprint density at radius 1 is 1.18 bits per heavy atom. The zero-order chi connectivity index (χ0) is 20.7. The minimum Gasteiger partial charge on any atom is -0.444 e. The number of nitrogens with one attached hydrogen (secondary N) is 1. The van der Waals surface area contributed by atoms with Gasteiger partial charge in [0.1, 0.15) is 5.60 Å². The fourth-order valence-corrected chi connectivity index (χ4v) is 3.24. The lowest BCUT2D eigenvalue weighted by Crippen LogP contribution is -2.50. The van der Waals surface area contributed by atoms with E-state index in [4.69, 9.17) is 4.74 Å². The van der Waals surface area contributed by atoms with E-state index in [2.05, 4.69) is 5.32 Å². The first-order valence-electron chi connectivity index (χ1n) is 9.50. The Morgan fingerprint density at radius 3 is 2.32 bits per heavy atom. The molecule has 7 heteroatoms. The van der Waals surface area contributed by atoms with E-state index in [1.807, 2.05) is 26.8 Å². The van der Waals surface area contributed by atoms with Gasteiger partial charge in [-0.25, -0.2) is 4.79 Å². The summed E-state index contributed by atoms with van der Waals surface area (Å²) in [6.45, 7) is 6.28. The van der Waals surface area contributed by atoms with E-state index in [1.165, 1.54) is 0 Å². The number of ether oxygens (including phenoxy) is 1. The van der Waals surface area contributed by atoms with Crippen LogP contribution in [0.1, 0.15) is 44.0 Å². The molecule has 152 valence electrons. The van der Waals surface area contributed by atoms with Crippen molar-refractivity contribution in [2.45, 2.75) is 45.3 Å². The molecule has 1 atom stereocenters. The molecule has 0 aliphatic carbocycles. The minimum atomic E-state index is -0.731. The normalized spacial score (nSPS) is 16.3. The van der Waals surface area contributed by atoms with Crippen molar-refractivity contribution in [3.05, 3.63) is 35.9 Å². The molecular formula is C21H28N2O5. The summed E-state index contributed by atoms with van der Waals surface area (Å²) in [7, 11) is 0. The third kappa shape index (κ3) is 6.27. The average Bonchev–Trinajstić information content (AvgIpc) is 2.67. The topological polar surface area (TPSA) is 92.8 Å². The number of likely N-dealkylation sites (tertiary alicyclic amines) is 1. The molecule has 1 aromatic rings. The maximum atomic E-state index is 12.3. The van der Waals surface area contributed by atoms with E-state index < -0.39 is 17.4 Å². The van der Waals surface area contributed by atoms with Gasteiger partial charge in [-0.1, -0.05) is 30.3 Å². The standard InChI is InChI=1S/C21H28N2O5/c1-21(2,3)28-20(27)23-11-9-16(10-12-23)19(18(26)14-24)22-13-17(25)15-7-5-4-6-8-15/h4-8,14,16,19,22H,9-13H2,1-3H3. The molecule has 0 bridgehead atoms. The first-order chi connectivity index (χ1) is 13.2. The summed E-state index contributed by atoms with van der Waals surface area (Å²) in [5, 5.41) is 2.96. The molecule has 1 aromatic carbocycles. The van der Waals surface area contributed by atoms with Crippen LogP contribution in [0, 0.1) is 5.92 Å². The lowest BCUT2D eigenvalue weighted by atomic mass is 9.87. The van der Waals surface area contributed by atoms with E-state index >= 15 is 0 Å². The van der Waals surface area contributed by atoms with Crippen molar-refractivity contribution in [1.82, 2.24) is 10.2 Å². The second kappa shape index (κ2) is 9.59. The first kappa shape index (κ1) is 21.8. The third-order valence-corrected chi connectivity index (χ3v) is 4.66. The Bertz CT molecular complexity index is 703. The predicted molar refractivity (Wildman–Crippen MR) is 104 cm³/mol. The van der Waals surface area contributed by atoms with Gasteiger partial charge in [0.2, 0.25) is 5.78 Å². The number of amides is 1. The highest BCUT2D eigenvalue weighted by atomic mass is 16.6. The zero-order valence-electron chi connectivity index (χ0n) is 16.6. The smallest absolute Gasteiger partial charge is 0.410 e. The Morgan fingerprint density at radius 2 is 1.79 bits per heavy atom. The molecule has 1 saturated heterocycles. The van der Waals surface area contributed by atoms with Crippen molar-refractivity contribution in [1.29, 1.82) is 0 Å². The molecule has 0 saturated carbocycles. The van der Waals surface area contributed by atoms with Crippen LogP contribution in [0.15, 0.2) is 30.3 Å². The number of carbonyl (C=O) groups excluding carboxylic acids is 4. The van der Waals surface area contributed by atoms with Gasteiger partial charge < -0.3 is 9.64 Å². The van der Waals surface area contributed by atoms with Gasteiger partial charge in [-0.15, -0.1) is 0 Å². The maximum Gasteiger partial charge on any atom is 0.410 e. The van der Waals surface area contributed by atoms with Gasteiger partial charge in [-0.2, -0.15) is 0 Å². The number of piperidine rings is 1. The molecule has 7 nitrogen and oxygen atoms in total. The second-order valence-electron chi connectivity index (χ2n) is 7.97. The second-order valence-corrected chi connectivity index (χ2v) is 7.97. The number of hydrogen-bond donors (Lipinski definition) is 1. The molecule has 1 amide bonds. The van der Waals surface area contributed by atoms with Crippen LogP contribution < -0.4 is 5.32 Å². The van der Waals surface area contributed by atoms with Gasteiger partial charge in [-0.05, 0) is 39.5 Å². The van der Waals surface area contributed by atoms with Crippen LogP contribution in [-0.4, -0.2) is 60.1 Å². The molecule has 0 radical (unpaired) electrons. The monoisotopic (exact) mass is 388 g/mol. The maximum absolute atomic E-state index is 12.3. The van der Waals surface area contributed by atoms with Crippen LogP contribution >= 0.6 is 0 Å². The fraction of sp³-hybridized carbons (Fsp3) is 0.524. The summed E-state index contributed by atoms with van der Waals surface area (Å²) in [6.07, 6.45) is 1.02.